The Morgan fingerprint density at radius 2 is 2.10 bits per heavy atom. The molecule has 1 aromatic carbocycles. The number of nitriles is 1. The molecule has 1 aliphatic carbocycles. The minimum Gasteiger partial charge on any atom is -0.240 e. The molecule has 150 valence electrons. The minimum atomic E-state index is -2.69. The van der Waals surface area contributed by atoms with Gasteiger partial charge in [-0.05, 0) is 48.6 Å². The van der Waals surface area contributed by atoms with Gasteiger partial charge >= 0.3 is 0 Å². The summed E-state index contributed by atoms with van der Waals surface area (Å²) in [6.45, 7) is 0. The van der Waals surface area contributed by atoms with Gasteiger partial charge < -0.3 is 0 Å². The molecule has 0 aliphatic heterocycles. The van der Waals surface area contributed by atoms with Crippen LogP contribution in [-0.4, -0.2) is 35.7 Å². The Morgan fingerprint density at radius 1 is 1.23 bits per heavy atom. The Kier molecular flexibility index (Phi) is 4.65. The maximum atomic E-state index is 13.0. The van der Waals surface area contributed by atoms with Crippen LogP contribution < -0.4 is 4.72 Å². The van der Waals surface area contributed by atoms with Gasteiger partial charge in [0.15, 0.2) is 5.01 Å². The third-order valence-electron chi connectivity index (χ3n) is 4.68. The van der Waals surface area contributed by atoms with Gasteiger partial charge in [-0.3, -0.25) is 0 Å². The summed E-state index contributed by atoms with van der Waals surface area (Å²) < 4.78 is 30.7. The molecule has 3 heterocycles. The summed E-state index contributed by atoms with van der Waals surface area (Å²) in [5, 5.41) is 29.6. The first-order valence-electron chi connectivity index (χ1n) is 8.85. The van der Waals surface area contributed by atoms with Gasteiger partial charge in [0, 0.05) is 15.8 Å². The maximum Gasteiger partial charge on any atom is 0.291 e. The molecule has 30 heavy (non-hydrogen) atoms. The molecule has 0 atom stereocenters. The molecule has 0 saturated heterocycles. The predicted octanol–water partition coefficient (Wildman–Crippen LogP) is 3.92. The number of aromatic nitrogens is 6. The highest BCUT2D eigenvalue weighted by molar-refractivity contribution is 7.97. The van der Waals surface area contributed by atoms with Crippen molar-refractivity contribution in [3.8, 4) is 22.3 Å². The second kappa shape index (κ2) is 7.35. The number of halogens is 2. The van der Waals surface area contributed by atoms with E-state index in [9.17, 15) is 14.0 Å². The number of alkyl halides is 2. The van der Waals surface area contributed by atoms with Crippen LogP contribution in [0.1, 0.15) is 24.3 Å². The molecule has 1 fully saturated rings. The van der Waals surface area contributed by atoms with Gasteiger partial charge in [-0.1, -0.05) is 11.3 Å². The summed E-state index contributed by atoms with van der Waals surface area (Å²) in [6.07, 6.45) is 3.82. The minimum absolute atomic E-state index is 0.255. The maximum absolute atomic E-state index is 13.0. The number of nitrogens with zero attached hydrogens (tertiary/aromatic N) is 7. The lowest BCUT2D eigenvalue weighted by Crippen LogP contribution is -2.22. The standard InChI is InChI=1S/C18H12F2N8S2/c19-15(20)16-25-26-17(29-16)28-14-6-11(30-27-18(9-21)2-3-18)5-12(13(14)8-24-28)10-1-4-22-23-7-10/h1,4-8,15,27H,2-3H2. The van der Waals surface area contributed by atoms with Gasteiger partial charge in [0.2, 0.25) is 5.13 Å². The Bertz CT molecular complexity index is 1260. The number of fused-ring (bicyclic) bond motifs is 1. The van der Waals surface area contributed by atoms with Crippen molar-refractivity contribution in [1.82, 2.24) is 34.9 Å². The summed E-state index contributed by atoms with van der Waals surface area (Å²) in [7, 11) is 0. The van der Waals surface area contributed by atoms with E-state index in [0.717, 1.165) is 45.6 Å². The van der Waals surface area contributed by atoms with Gasteiger partial charge in [0.1, 0.15) is 5.54 Å². The number of nitrogens with one attached hydrogen (secondary N) is 1. The summed E-state index contributed by atoms with van der Waals surface area (Å²) in [5.74, 6) is 0. The molecule has 1 aliphatic rings. The Balaban J connectivity index is 1.62. The molecule has 0 bridgehead atoms. The SMILES string of the molecule is N#CC1(NSc2cc(-c3ccnnc3)c3cnn(-c4nnc(C(F)F)s4)c3c2)CC1. The molecule has 8 nitrogen and oxygen atoms in total. The van der Waals surface area contributed by atoms with Crippen LogP contribution in [0.15, 0.2) is 41.7 Å². The van der Waals surface area contributed by atoms with Crippen molar-refractivity contribution in [3.63, 3.8) is 0 Å². The van der Waals surface area contributed by atoms with Gasteiger partial charge in [-0.25, -0.2) is 18.2 Å². The van der Waals surface area contributed by atoms with Crippen LogP contribution >= 0.6 is 23.3 Å². The largest absolute Gasteiger partial charge is 0.291 e. The van der Waals surface area contributed by atoms with Crippen molar-refractivity contribution >= 4 is 34.2 Å². The normalized spacial score (nSPS) is 14.9. The predicted molar refractivity (Wildman–Crippen MR) is 107 cm³/mol. The van der Waals surface area contributed by atoms with Crippen molar-refractivity contribution < 1.29 is 8.78 Å². The Labute approximate surface area is 177 Å². The molecule has 0 unspecified atom stereocenters. The van der Waals surface area contributed by atoms with E-state index in [1.807, 2.05) is 18.2 Å². The number of hydrogen-bond acceptors (Lipinski definition) is 9. The van der Waals surface area contributed by atoms with E-state index in [-0.39, 0.29) is 10.1 Å². The number of benzene rings is 1. The average molecular weight is 442 g/mol. The van der Waals surface area contributed by atoms with E-state index in [4.69, 9.17) is 0 Å². The van der Waals surface area contributed by atoms with Gasteiger partial charge in [0.25, 0.3) is 6.43 Å². The topological polar surface area (TPSA) is 105 Å². The molecule has 4 aromatic rings. The first-order chi connectivity index (χ1) is 14.6. The van der Waals surface area contributed by atoms with Gasteiger partial charge in [-0.2, -0.15) is 20.6 Å². The third kappa shape index (κ3) is 3.41. The Morgan fingerprint density at radius 3 is 2.77 bits per heavy atom. The fourth-order valence-corrected chi connectivity index (χ4v) is 4.50. The van der Waals surface area contributed by atoms with E-state index >= 15 is 0 Å². The summed E-state index contributed by atoms with van der Waals surface area (Å²) in [4.78, 5) is 0.844. The van der Waals surface area contributed by atoms with Crippen molar-refractivity contribution in [2.24, 2.45) is 0 Å². The highest BCUT2D eigenvalue weighted by Gasteiger charge is 2.43. The zero-order valence-electron chi connectivity index (χ0n) is 15.2. The fourth-order valence-electron chi connectivity index (χ4n) is 2.92. The monoisotopic (exact) mass is 442 g/mol. The molecule has 0 radical (unpaired) electrons. The second-order valence-corrected chi connectivity index (χ2v) is 8.58. The molecule has 0 amide bonds. The Hall–Kier alpha value is -3.01. The lowest BCUT2D eigenvalue weighted by molar-refractivity contribution is 0.150. The summed E-state index contributed by atoms with van der Waals surface area (Å²) in [6, 6.07) is 7.99. The van der Waals surface area contributed by atoms with Crippen LogP contribution in [0.3, 0.4) is 0 Å². The van der Waals surface area contributed by atoms with Crippen molar-refractivity contribution in [3.05, 3.63) is 41.8 Å². The molecular weight excluding hydrogens is 430 g/mol. The van der Waals surface area contributed by atoms with Crippen molar-refractivity contribution in [2.45, 2.75) is 29.7 Å². The van der Waals surface area contributed by atoms with Crippen LogP contribution in [0.4, 0.5) is 8.78 Å². The average Bonchev–Trinajstić information content (AvgIpc) is 3.17. The highest BCUT2D eigenvalue weighted by Crippen LogP contribution is 2.39. The van der Waals surface area contributed by atoms with Crippen LogP contribution in [0.5, 0.6) is 0 Å². The van der Waals surface area contributed by atoms with Gasteiger partial charge in [-0.15, -0.1) is 10.2 Å². The molecule has 0 spiro atoms. The zero-order chi connectivity index (χ0) is 20.7. The van der Waals surface area contributed by atoms with E-state index in [1.54, 1.807) is 18.6 Å². The van der Waals surface area contributed by atoms with E-state index in [0.29, 0.717) is 5.52 Å². The van der Waals surface area contributed by atoms with E-state index < -0.39 is 12.0 Å². The van der Waals surface area contributed by atoms with Crippen molar-refractivity contribution in [1.29, 1.82) is 5.26 Å². The highest BCUT2D eigenvalue weighted by atomic mass is 32.2. The first-order valence-corrected chi connectivity index (χ1v) is 10.5. The lowest BCUT2D eigenvalue weighted by Gasteiger charge is -2.11. The second-order valence-electron chi connectivity index (χ2n) is 6.71. The number of hydrogen-bond donors (Lipinski definition) is 1. The lowest BCUT2D eigenvalue weighted by atomic mass is 10.0. The van der Waals surface area contributed by atoms with Crippen LogP contribution in [-0.2, 0) is 0 Å². The molecule has 5 rings (SSSR count). The van der Waals surface area contributed by atoms with Gasteiger partial charge in [0.05, 0.1) is 30.2 Å². The number of rotatable bonds is 6. The quantitative estimate of drug-likeness (QED) is 0.448. The molecule has 1 saturated carbocycles. The van der Waals surface area contributed by atoms with Crippen LogP contribution in [0, 0.1) is 11.3 Å². The molecular formula is C18H12F2N8S2. The molecule has 12 heteroatoms. The fraction of sp³-hybridized carbons (Fsp3) is 0.222. The molecule has 3 aromatic heterocycles. The van der Waals surface area contributed by atoms with Crippen LogP contribution in [0.25, 0.3) is 27.2 Å². The summed E-state index contributed by atoms with van der Waals surface area (Å²) >= 11 is 2.15. The summed E-state index contributed by atoms with van der Waals surface area (Å²) in [5.41, 5.74) is 1.89. The van der Waals surface area contributed by atoms with E-state index in [2.05, 4.69) is 36.3 Å². The van der Waals surface area contributed by atoms with E-state index in [1.165, 1.54) is 16.6 Å². The van der Waals surface area contributed by atoms with Crippen molar-refractivity contribution in [2.75, 3.05) is 0 Å². The molecule has 1 N–H and O–H groups in total. The zero-order valence-corrected chi connectivity index (χ0v) is 16.8. The first kappa shape index (κ1) is 19.0. The van der Waals surface area contributed by atoms with Crippen LogP contribution in [0.2, 0.25) is 0 Å². The third-order valence-corrected chi connectivity index (χ3v) is 6.55. The smallest absolute Gasteiger partial charge is 0.240 e.